The highest BCUT2D eigenvalue weighted by Crippen LogP contribution is 2.35. The number of hydrogen-bond acceptors (Lipinski definition) is 4. The Morgan fingerprint density at radius 1 is 1.04 bits per heavy atom. The Labute approximate surface area is 162 Å². The predicted molar refractivity (Wildman–Crippen MR) is 94.9 cm³/mol. The van der Waals surface area contributed by atoms with Gasteiger partial charge in [0.05, 0.1) is 20.6 Å². The molecule has 0 saturated carbocycles. The Kier molecular flexibility index (Phi) is 4.96. The average molecular weight is 436 g/mol. The molecule has 27 heavy (non-hydrogen) atoms. The second kappa shape index (κ2) is 6.81. The van der Waals surface area contributed by atoms with Crippen LogP contribution in [0.2, 0.25) is 10.0 Å². The number of sulfone groups is 1. The van der Waals surface area contributed by atoms with E-state index in [0.717, 1.165) is 23.2 Å². The standard InChI is InChI=1S/C16H10Cl2F3N3O2S/c1-27(25,26)10-3-5-15(22-8-10)24-13(7-14(23-24)16(19,20)21)9-2-4-11(17)12(18)6-9/h2-8H,1H3. The van der Waals surface area contributed by atoms with Crippen molar-refractivity contribution in [1.82, 2.24) is 14.8 Å². The van der Waals surface area contributed by atoms with Crippen LogP contribution in [-0.2, 0) is 16.0 Å². The summed E-state index contributed by atoms with van der Waals surface area (Å²) in [7, 11) is -3.50. The summed E-state index contributed by atoms with van der Waals surface area (Å²) in [6.45, 7) is 0. The van der Waals surface area contributed by atoms with Crippen LogP contribution in [0, 0.1) is 0 Å². The highest BCUT2D eigenvalue weighted by atomic mass is 35.5. The minimum absolute atomic E-state index is 0.0129. The van der Waals surface area contributed by atoms with Crippen molar-refractivity contribution >= 4 is 33.0 Å². The van der Waals surface area contributed by atoms with Gasteiger partial charge in [0.15, 0.2) is 21.3 Å². The summed E-state index contributed by atoms with van der Waals surface area (Å²) >= 11 is 11.8. The lowest BCUT2D eigenvalue weighted by Crippen LogP contribution is -2.08. The lowest BCUT2D eigenvalue weighted by atomic mass is 10.1. The van der Waals surface area contributed by atoms with Crippen molar-refractivity contribution in [2.45, 2.75) is 11.1 Å². The van der Waals surface area contributed by atoms with Crippen molar-refractivity contribution in [2.24, 2.45) is 0 Å². The molecule has 0 amide bonds. The first-order valence-electron chi connectivity index (χ1n) is 7.26. The molecule has 0 radical (unpaired) electrons. The SMILES string of the molecule is CS(=O)(=O)c1ccc(-n2nc(C(F)(F)F)cc2-c2ccc(Cl)c(Cl)c2)nc1. The van der Waals surface area contributed by atoms with E-state index in [-0.39, 0.29) is 26.5 Å². The van der Waals surface area contributed by atoms with E-state index in [4.69, 9.17) is 23.2 Å². The van der Waals surface area contributed by atoms with Crippen LogP contribution < -0.4 is 0 Å². The molecule has 0 bridgehead atoms. The maximum atomic E-state index is 13.2. The third kappa shape index (κ3) is 4.10. The fraction of sp³-hybridized carbons (Fsp3) is 0.125. The minimum Gasteiger partial charge on any atom is -0.236 e. The number of rotatable bonds is 3. The molecule has 0 N–H and O–H groups in total. The summed E-state index contributed by atoms with van der Waals surface area (Å²) in [5.41, 5.74) is -0.723. The van der Waals surface area contributed by atoms with Crippen LogP contribution in [0.5, 0.6) is 0 Å². The van der Waals surface area contributed by atoms with Gasteiger partial charge in [-0.05, 0) is 30.3 Å². The molecule has 0 aliphatic carbocycles. The van der Waals surface area contributed by atoms with Crippen LogP contribution in [0.3, 0.4) is 0 Å². The Balaban J connectivity index is 2.19. The molecule has 0 aliphatic rings. The van der Waals surface area contributed by atoms with Gasteiger partial charge < -0.3 is 0 Å². The molecule has 0 atom stereocenters. The van der Waals surface area contributed by atoms with Crippen LogP contribution in [0.25, 0.3) is 17.1 Å². The topological polar surface area (TPSA) is 64.8 Å². The minimum atomic E-state index is -4.68. The second-order valence-electron chi connectivity index (χ2n) is 5.58. The molecular weight excluding hydrogens is 426 g/mol. The molecule has 1 aromatic carbocycles. The van der Waals surface area contributed by atoms with Gasteiger partial charge in [-0.2, -0.15) is 18.3 Å². The molecular formula is C16H10Cl2F3N3O2S. The summed E-state index contributed by atoms with van der Waals surface area (Å²) in [5, 5.41) is 3.99. The first kappa shape index (κ1) is 19.7. The summed E-state index contributed by atoms with van der Waals surface area (Å²) < 4.78 is 63.5. The van der Waals surface area contributed by atoms with E-state index in [1.807, 2.05) is 0 Å². The third-order valence-electron chi connectivity index (χ3n) is 3.58. The van der Waals surface area contributed by atoms with Crippen molar-refractivity contribution < 1.29 is 21.6 Å². The Hall–Kier alpha value is -2.10. The number of aromatic nitrogens is 3. The van der Waals surface area contributed by atoms with Gasteiger partial charge in [0, 0.05) is 18.0 Å². The van der Waals surface area contributed by atoms with E-state index < -0.39 is 21.7 Å². The molecule has 0 fully saturated rings. The van der Waals surface area contributed by atoms with Crippen molar-refractivity contribution in [2.75, 3.05) is 6.26 Å². The molecule has 3 rings (SSSR count). The molecule has 5 nitrogen and oxygen atoms in total. The number of benzene rings is 1. The summed E-state index contributed by atoms with van der Waals surface area (Å²) in [6.07, 6.45) is -2.62. The first-order valence-corrected chi connectivity index (χ1v) is 9.91. The molecule has 0 aliphatic heterocycles. The molecule has 3 aromatic rings. The van der Waals surface area contributed by atoms with Crippen LogP contribution in [0.15, 0.2) is 47.5 Å². The fourth-order valence-electron chi connectivity index (χ4n) is 2.27. The lowest BCUT2D eigenvalue weighted by molar-refractivity contribution is -0.141. The zero-order valence-electron chi connectivity index (χ0n) is 13.5. The highest BCUT2D eigenvalue weighted by Gasteiger charge is 2.35. The van der Waals surface area contributed by atoms with Gasteiger partial charge >= 0.3 is 6.18 Å². The van der Waals surface area contributed by atoms with E-state index in [2.05, 4.69) is 10.1 Å². The Morgan fingerprint density at radius 3 is 2.26 bits per heavy atom. The number of nitrogens with zero attached hydrogens (tertiary/aromatic N) is 3. The number of alkyl halides is 3. The number of halogens is 5. The number of pyridine rings is 1. The summed E-state index contributed by atoms with van der Waals surface area (Å²) in [4.78, 5) is 3.87. The van der Waals surface area contributed by atoms with Gasteiger partial charge in [-0.25, -0.2) is 18.1 Å². The zero-order chi connectivity index (χ0) is 20.0. The van der Waals surface area contributed by atoms with Gasteiger partial charge in [-0.3, -0.25) is 0 Å². The number of hydrogen-bond donors (Lipinski definition) is 0. The molecule has 2 aromatic heterocycles. The van der Waals surface area contributed by atoms with Gasteiger partial charge in [0.2, 0.25) is 0 Å². The van der Waals surface area contributed by atoms with Gasteiger partial charge in [-0.15, -0.1) is 0 Å². The Bertz CT molecular complexity index is 1110. The lowest BCUT2D eigenvalue weighted by Gasteiger charge is -2.08. The summed E-state index contributed by atoms with van der Waals surface area (Å²) in [6, 6.07) is 7.71. The predicted octanol–water partition coefficient (Wildman–Crippen LogP) is 4.66. The fourth-order valence-corrected chi connectivity index (χ4v) is 3.13. The average Bonchev–Trinajstić information content (AvgIpc) is 3.02. The van der Waals surface area contributed by atoms with E-state index in [0.29, 0.717) is 5.56 Å². The van der Waals surface area contributed by atoms with Crippen LogP contribution >= 0.6 is 23.2 Å². The molecule has 0 unspecified atom stereocenters. The smallest absolute Gasteiger partial charge is 0.236 e. The molecule has 2 heterocycles. The van der Waals surface area contributed by atoms with Crippen molar-refractivity contribution in [3.05, 3.63) is 58.3 Å². The second-order valence-corrected chi connectivity index (χ2v) is 8.41. The Morgan fingerprint density at radius 2 is 1.74 bits per heavy atom. The van der Waals surface area contributed by atoms with E-state index >= 15 is 0 Å². The molecule has 0 saturated heterocycles. The maximum Gasteiger partial charge on any atom is 0.435 e. The van der Waals surface area contributed by atoms with Crippen molar-refractivity contribution in [3.63, 3.8) is 0 Å². The van der Waals surface area contributed by atoms with Crippen LogP contribution in [0.4, 0.5) is 13.2 Å². The molecule has 142 valence electrons. The molecule has 11 heteroatoms. The van der Waals surface area contributed by atoms with Gasteiger partial charge in [0.25, 0.3) is 0 Å². The van der Waals surface area contributed by atoms with Crippen LogP contribution in [0.1, 0.15) is 5.69 Å². The van der Waals surface area contributed by atoms with Crippen molar-refractivity contribution in [1.29, 1.82) is 0 Å². The molecule has 0 spiro atoms. The van der Waals surface area contributed by atoms with Crippen molar-refractivity contribution in [3.8, 4) is 17.1 Å². The first-order chi connectivity index (χ1) is 12.5. The van der Waals surface area contributed by atoms with E-state index in [9.17, 15) is 21.6 Å². The normalized spacial score (nSPS) is 12.4. The van der Waals surface area contributed by atoms with E-state index in [1.54, 1.807) is 0 Å². The largest absolute Gasteiger partial charge is 0.435 e. The van der Waals surface area contributed by atoms with E-state index in [1.165, 1.54) is 30.3 Å². The summed E-state index contributed by atoms with van der Waals surface area (Å²) in [5.74, 6) is 0.0129. The quantitative estimate of drug-likeness (QED) is 0.599. The van der Waals surface area contributed by atoms with Gasteiger partial charge in [0.1, 0.15) is 0 Å². The van der Waals surface area contributed by atoms with Gasteiger partial charge in [-0.1, -0.05) is 29.3 Å². The highest BCUT2D eigenvalue weighted by molar-refractivity contribution is 7.90. The zero-order valence-corrected chi connectivity index (χ0v) is 15.8. The van der Waals surface area contributed by atoms with Crippen LogP contribution in [-0.4, -0.2) is 29.4 Å². The maximum absolute atomic E-state index is 13.2. The monoisotopic (exact) mass is 435 g/mol. The third-order valence-corrected chi connectivity index (χ3v) is 5.42.